The van der Waals surface area contributed by atoms with Crippen LogP contribution in [-0.2, 0) is 6.42 Å². The van der Waals surface area contributed by atoms with Gasteiger partial charge < -0.3 is 9.88 Å². The maximum Gasteiger partial charge on any atom is 0.263 e. The number of pyridine rings is 1. The zero-order chi connectivity index (χ0) is 16.0. The van der Waals surface area contributed by atoms with Crippen molar-refractivity contribution in [3.05, 3.63) is 75.0 Å². The third-order valence-corrected chi connectivity index (χ3v) is 4.44. The molecule has 2 heterocycles. The zero-order valence-electron chi connectivity index (χ0n) is 12.2. The lowest BCUT2D eigenvalue weighted by atomic mass is 10.1. The fraction of sp³-hybridized carbons (Fsp3) is 0.111. The highest BCUT2D eigenvalue weighted by molar-refractivity contribution is 6.31. The number of rotatable bonds is 1. The third-order valence-electron chi connectivity index (χ3n) is 4.21. The number of carbonyl (C=O) groups excluding carboxylic acids is 1. The van der Waals surface area contributed by atoms with Crippen LogP contribution in [0.5, 0.6) is 0 Å². The largest absolute Gasteiger partial charge is 0.360 e. The monoisotopic (exact) mass is 324 g/mol. The van der Waals surface area contributed by atoms with Crippen molar-refractivity contribution in [1.82, 2.24) is 4.98 Å². The number of aromatic amines is 1. The minimum Gasteiger partial charge on any atom is -0.360 e. The van der Waals surface area contributed by atoms with E-state index in [0.717, 1.165) is 17.7 Å². The minimum atomic E-state index is -0.273. The molecule has 1 N–H and O–H groups in total. The summed E-state index contributed by atoms with van der Waals surface area (Å²) < 4.78 is 0. The lowest BCUT2D eigenvalue weighted by molar-refractivity contribution is 0.0988. The lowest BCUT2D eigenvalue weighted by Gasteiger charge is -2.17. The molecule has 0 spiro atoms. The third kappa shape index (κ3) is 2.23. The topological polar surface area (TPSA) is 53.2 Å². The molecule has 4 nitrogen and oxygen atoms in total. The van der Waals surface area contributed by atoms with Crippen LogP contribution in [0, 0.1) is 0 Å². The number of fused-ring (bicyclic) bond motifs is 2. The highest BCUT2D eigenvalue weighted by Crippen LogP contribution is 2.28. The Morgan fingerprint density at radius 2 is 2.00 bits per heavy atom. The van der Waals surface area contributed by atoms with Gasteiger partial charge >= 0.3 is 0 Å². The summed E-state index contributed by atoms with van der Waals surface area (Å²) >= 11 is 5.94. The van der Waals surface area contributed by atoms with E-state index in [4.69, 9.17) is 11.6 Å². The molecule has 0 aliphatic carbocycles. The Morgan fingerprint density at radius 3 is 2.87 bits per heavy atom. The Kier molecular flexibility index (Phi) is 3.20. The number of amides is 1. The molecule has 1 amide bonds. The quantitative estimate of drug-likeness (QED) is 0.746. The number of para-hydroxylation sites is 1. The molecule has 1 aliphatic heterocycles. The number of H-pyrrole nitrogens is 1. The van der Waals surface area contributed by atoms with Crippen LogP contribution < -0.4 is 10.3 Å². The van der Waals surface area contributed by atoms with Crippen LogP contribution in [0.2, 0.25) is 5.02 Å². The maximum atomic E-state index is 12.8. The predicted octanol–water partition coefficient (Wildman–Crippen LogP) is 3.38. The Hall–Kier alpha value is -2.59. The van der Waals surface area contributed by atoms with Crippen molar-refractivity contribution in [2.75, 3.05) is 11.4 Å². The summed E-state index contributed by atoms with van der Waals surface area (Å²) in [5.74, 6) is -0.270. The van der Waals surface area contributed by atoms with Gasteiger partial charge in [0.15, 0.2) is 0 Å². The molecule has 5 heteroatoms. The summed E-state index contributed by atoms with van der Waals surface area (Å²) in [6.45, 7) is 0.594. The summed E-state index contributed by atoms with van der Waals surface area (Å²) in [5, 5.41) is 1.01. The molecule has 4 rings (SSSR count). The van der Waals surface area contributed by atoms with Gasteiger partial charge in [0.1, 0.15) is 5.56 Å². The second-order valence-corrected chi connectivity index (χ2v) is 5.99. The molecule has 0 saturated heterocycles. The van der Waals surface area contributed by atoms with Gasteiger partial charge in [-0.05, 0) is 36.2 Å². The van der Waals surface area contributed by atoms with E-state index in [2.05, 4.69) is 4.98 Å². The molecule has 0 radical (unpaired) electrons. The number of hydrogen-bond donors (Lipinski definition) is 1. The molecule has 0 bridgehead atoms. The van der Waals surface area contributed by atoms with Gasteiger partial charge in [-0.25, -0.2) is 0 Å². The highest BCUT2D eigenvalue weighted by Gasteiger charge is 2.27. The van der Waals surface area contributed by atoms with Crippen molar-refractivity contribution in [1.29, 1.82) is 0 Å². The summed E-state index contributed by atoms with van der Waals surface area (Å²) in [7, 11) is 0. The number of carbonyl (C=O) groups is 1. The summed E-state index contributed by atoms with van der Waals surface area (Å²) in [6.07, 6.45) is 2.28. The molecular weight excluding hydrogens is 312 g/mol. The number of benzene rings is 2. The van der Waals surface area contributed by atoms with Gasteiger partial charge in [-0.15, -0.1) is 0 Å². The first-order valence-corrected chi connectivity index (χ1v) is 7.73. The molecule has 0 unspecified atom stereocenters. The number of nitrogens with zero attached hydrogens (tertiary/aromatic N) is 1. The first-order chi connectivity index (χ1) is 11.1. The minimum absolute atomic E-state index is 0.150. The van der Waals surface area contributed by atoms with Gasteiger partial charge in [0.25, 0.3) is 5.91 Å². The van der Waals surface area contributed by atoms with Crippen molar-refractivity contribution in [2.24, 2.45) is 0 Å². The summed E-state index contributed by atoms with van der Waals surface area (Å²) in [5.41, 5.74) is 2.51. The van der Waals surface area contributed by atoms with E-state index in [0.29, 0.717) is 22.5 Å². The predicted molar refractivity (Wildman–Crippen MR) is 91.4 cm³/mol. The molecule has 114 valence electrons. The van der Waals surface area contributed by atoms with Gasteiger partial charge in [0, 0.05) is 28.8 Å². The number of nitrogens with one attached hydrogen (secondary N) is 1. The van der Waals surface area contributed by atoms with E-state index in [-0.39, 0.29) is 16.9 Å². The van der Waals surface area contributed by atoms with Crippen molar-refractivity contribution >= 4 is 34.1 Å². The van der Waals surface area contributed by atoms with Gasteiger partial charge in [0.05, 0.1) is 5.52 Å². The second-order valence-electron chi connectivity index (χ2n) is 5.56. The smallest absolute Gasteiger partial charge is 0.263 e. The van der Waals surface area contributed by atoms with Crippen LogP contribution in [0.25, 0.3) is 10.9 Å². The van der Waals surface area contributed by atoms with E-state index in [9.17, 15) is 9.59 Å². The van der Waals surface area contributed by atoms with Crippen LogP contribution in [0.15, 0.2) is 53.5 Å². The summed E-state index contributed by atoms with van der Waals surface area (Å²) in [4.78, 5) is 30.1. The molecular formula is C18H13ClN2O2. The van der Waals surface area contributed by atoms with Gasteiger partial charge in [0.2, 0.25) is 5.43 Å². The fourth-order valence-corrected chi connectivity index (χ4v) is 3.22. The van der Waals surface area contributed by atoms with Crippen molar-refractivity contribution < 1.29 is 4.79 Å². The van der Waals surface area contributed by atoms with Crippen LogP contribution in [-0.4, -0.2) is 17.4 Å². The average molecular weight is 325 g/mol. The molecule has 3 aromatic rings. The summed E-state index contributed by atoms with van der Waals surface area (Å²) in [6, 6.07) is 12.8. The molecule has 0 fully saturated rings. The second kappa shape index (κ2) is 5.25. The van der Waals surface area contributed by atoms with Crippen molar-refractivity contribution in [3.63, 3.8) is 0 Å². The van der Waals surface area contributed by atoms with E-state index in [1.165, 1.54) is 6.20 Å². The maximum absolute atomic E-state index is 12.8. The van der Waals surface area contributed by atoms with Gasteiger partial charge in [-0.1, -0.05) is 29.8 Å². The number of halogens is 1. The zero-order valence-corrected chi connectivity index (χ0v) is 12.9. The highest BCUT2D eigenvalue weighted by atomic mass is 35.5. The normalized spacial score (nSPS) is 13.3. The van der Waals surface area contributed by atoms with Crippen LogP contribution >= 0.6 is 11.6 Å². The Bertz CT molecular complexity index is 994. The van der Waals surface area contributed by atoms with Crippen LogP contribution in [0.3, 0.4) is 0 Å². The standard InChI is InChI=1S/C18H13ClN2O2/c19-12-5-6-13-15(9-12)20-10-14(17(13)22)18(23)21-8-7-11-3-1-2-4-16(11)21/h1-6,9-10H,7-8H2,(H,20,22). The van der Waals surface area contributed by atoms with Crippen molar-refractivity contribution in [3.8, 4) is 0 Å². The molecule has 23 heavy (non-hydrogen) atoms. The van der Waals surface area contributed by atoms with Crippen LogP contribution in [0.4, 0.5) is 5.69 Å². The van der Waals surface area contributed by atoms with Crippen LogP contribution in [0.1, 0.15) is 15.9 Å². The van der Waals surface area contributed by atoms with E-state index < -0.39 is 0 Å². The Balaban J connectivity index is 1.81. The van der Waals surface area contributed by atoms with Gasteiger partial charge in [-0.3, -0.25) is 9.59 Å². The van der Waals surface area contributed by atoms with E-state index in [1.54, 1.807) is 23.1 Å². The SMILES string of the molecule is O=C(c1c[nH]c2cc(Cl)ccc2c1=O)N1CCc2ccccc21. The average Bonchev–Trinajstić information content (AvgIpc) is 2.98. The Labute approximate surface area is 137 Å². The molecule has 0 saturated carbocycles. The molecule has 0 atom stereocenters. The first kappa shape index (κ1) is 14.0. The number of aromatic nitrogens is 1. The number of hydrogen-bond acceptors (Lipinski definition) is 2. The fourth-order valence-electron chi connectivity index (χ4n) is 3.05. The molecule has 1 aromatic heterocycles. The molecule has 1 aliphatic rings. The van der Waals surface area contributed by atoms with Crippen molar-refractivity contribution in [2.45, 2.75) is 6.42 Å². The molecule has 2 aromatic carbocycles. The lowest BCUT2D eigenvalue weighted by Crippen LogP contribution is -2.33. The number of anilines is 1. The first-order valence-electron chi connectivity index (χ1n) is 7.36. The van der Waals surface area contributed by atoms with E-state index in [1.807, 2.05) is 24.3 Å². The Morgan fingerprint density at radius 1 is 1.17 bits per heavy atom. The van der Waals surface area contributed by atoms with Gasteiger partial charge in [-0.2, -0.15) is 0 Å². The van der Waals surface area contributed by atoms with E-state index >= 15 is 0 Å².